The predicted molar refractivity (Wildman–Crippen MR) is 150 cm³/mol. The molecule has 6 heterocycles. The lowest BCUT2D eigenvalue weighted by atomic mass is 10.1. The number of carbonyl (C=O) groups excluding carboxylic acids is 1. The summed E-state index contributed by atoms with van der Waals surface area (Å²) in [5.41, 5.74) is 8.50. The highest BCUT2D eigenvalue weighted by atomic mass is 16.1. The fraction of sp³-hybridized carbons (Fsp3) is 0. The van der Waals surface area contributed by atoms with E-state index >= 15 is 0 Å². The van der Waals surface area contributed by atoms with Crippen molar-refractivity contribution in [1.82, 2.24) is 35.1 Å². The van der Waals surface area contributed by atoms with Crippen molar-refractivity contribution in [2.45, 2.75) is 0 Å². The van der Waals surface area contributed by atoms with Gasteiger partial charge in [0.25, 0.3) is 5.91 Å². The SMILES string of the molecule is O=C(Nc1cncc(-c2ccc3[nH]nc(-c4cc5c(-c6ccncc6)nccc5[nH]4)c3n2)c1)c1ccccc1. The van der Waals surface area contributed by atoms with Gasteiger partial charge in [-0.1, -0.05) is 18.2 Å². The number of pyridine rings is 4. The number of hydrogen-bond acceptors (Lipinski definition) is 6. The molecule has 0 saturated heterocycles. The highest BCUT2D eigenvalue weighted by Gasteiger charge is 2.16. The van der Waals surface area contributed by atoms with E-state index in [2.05, 4.69) is 35.5 Å². The molecule has 0 unspecified atom stereocenters. The van der Waals surface area contributed by atoms with Crippen LogP contribution < -0.4 is 5.32 Å². The van der Waals surface area contributed by atoms with Crippen LogP contribution in [0.3, 0.4) is 0 Å². The molecule has 7 aromatic rings. The molecule has 0 radical (unpaired) electrons. The quantitative estimate of drug-likeness (QED) is 0.267. The van der Waals surface area contributed by atoms with Crippen LogP contribution in [0.1, 0.15) is 10.4 Å². The molecule has 9 nitrogen and oxygen atoms in total. The number of H-pyrrole nitrogens is 2. The first kappa shape index (κ1) is 22.5. The molecule has 0 spiro atoms. The van der Waals surface area contributed by atoms with Gasteiger partial charge in [-0.05, 0) is 54.6 Å². The van der Waals surface area contributed by atoms with E-state index in [9.17, 15) is 4.79 Å². The zero-order valence-electron chi connectivity index (χ0n) is 20.5. The third kappa shape index (κ3) is 4.17. The van der Waals surface area contributed by atoms with E-state index in [1.807, 2.05) is 60.7 Å². The van der Waals surface area contributed by atoms with E-state index in [4.69, 9.17) is 4.98 Å². The van der Waals surface area contributed by atoms with Gasteiger partial charge in [0.15, 0.2) is 0 Å². The van der Waals surface area contributed by atoms with Crippen LogP contribution in [-0.2, 0) is 0 Å². The van der Waals surface area contributed by atoms with Crippen molar-refractivity contribution in [1.29, 1.82) is 0 Å². The molecule has 0 saturated carbocycles. The smallest absolute Gasteiger partial charge is 0.255 e. The molecule has 0 aliphatic heterocycles. The van der Waals surface area contributed by atoms with Gasteiger partial charge in [0.2, 0.25) is 0 Å². The van der Waals surface area contributed by atoms with Crippen molar-refractivity contribution in [2.75, 3.05) is 5.32 Å². The Kier molecular flexibility index (Phi) is 5.37. The van der Waals surface area contributed by atoms with Gasteiger partial charge in [0, 0.05) is 52.4 Å². The van der Waals surface area contributed by atoms with Crippen LogP contribution >= 0.6 is 0 Å². The largest absolute Gasteiger partial charge is 0.353 e. The summed E-state index contributed by atoms with van der Waals surface area (Å²) < 4.78 is 0. The van der Waals surface area contributed by atoms with E-state index in [1.54, 1.807) is 43.1 Å². The molecule has 0 atom stereocenters. The topological polar surface area (TPSA) is 125 Å². The van der Waals surface area contributed by atoms with Crippen LogP contribution in [0.15, 0.2) is 104 Å². The summed E-state index contributed by atoms with van der Waals surface area (Å²) >= 11 is 0. The lowest BCUT2D eigenvalue weighted by molar-refractivity contribution is 0.102. The Morgan fingerprint density at radius 1 is 0.769 bits per heavy atom. The van der Waals surface area contributed by atoms with Crippen molar-refractivity contribution in [2.24, 2.45) is 0 Å². The number of amides is 1. The van der Waals surface area contributed by atoms with Gasteiger partial charge in [0.1, 0.15) is 11.2 Å². The molecule has 0 bridgehead atoms. The third-order valence-corrected chi connectivity index (χ3v) is 6.49. The van der Waals surface area contributed by atoms with E-state index in [-0.39, 0.29) is 5.91 Å². The number of nitrogens with zero attached hydrogens (tertiary/aromatic N) is 5. The van der Waals surface area contributed by atoms with Crippen LogP contribution in [-0.4, -0.2) is 41.0 Å². The van der Waals surface area contributed by atoms with Crippen LogP contribution in [0.2, 0.25) is 0 Å². The normalized spacial score (nSPS) is 11.2. The average Bonchev–Trinajstić information content (AvgIpc) is 3.62. The van der Waals surface area contributed by atoms with Crippen molar-refractivity contribution >= 4 is 33.5 Å². The molecule has 186 valence electrons. The summed E-state index contributed by atoms with van der Waals surface area (Å²) in [4.78, 5) is 34.1. The maximum absolute atomic E-state index is 12.6. The van der Waals surface area contributed by atoms with Crippen molar-refractivity contribution in [3.05, 3.63) is 109 Å². The number of aromatic nitrogens is 7. The number of anilines is 1. The van der Waals surface area contributed by atoms with Crippen LogP contribution in [0.25, 0.3) is 55.8 Å². The van der Waals surface area contributed by atoms with E-state index in [0.29, 0.717) is 22.6 Å². The zero-order valence-corrected chi connectivity index (χ0v) is 20.5. The van der Waals surface area contributed by atoms with E-state index in [0.717, 1.165) is 44.5 Å². The van der Waals surface area contributed by atoms with Gasteiger partial charge in [-0.15, -0.1) is 0 Å². The Labute approximate surface area is 222 Å². The lowest BCUT2D eigenvalue weighted by Crippen LogP contribution is -2.11. The molecule has 39 heavy (non-hydrogen) atoms. The molecule has 1 amide bonds. The number of hydrogen-bond donors (Lipinski definition) is 3. The van der Waals surface area contributed by atoms with Crippen molar-refractivity contribution in [3.8, 4) is 33.9 Å². The molecule has 0 fully saturated rings. The second kappa shape index (κ2) is 9.31. The number of benzene rings is 1. The zero-order chi connectivity index (χ0) is 26.2. The Hall–Kier alpha value is -5.70. The molecule has 0 aliphatic rings. The van der Waals surface area contributed by atoms with Crippen LogP contribution in [0.4, 0.5) is 5.69 Å². The minimum absolute atomic E-state index is 0.200. The number of nitrogens with one attached hydrogen (secondary N) is 3. The lowest BCUT2D eigenvalue weighted by Gasteiger charge is -2.07. The number of fused-ring (bicyclic) bond motifs is 2. The highest BCUT2D eigenvalue weighted by Crippen LogP contribution is 2.33. The first-order valence-corrected chi connectivity index (χ1v) is 12.3. The highest BCUT2D eigenvalue weighted by molar-refractivity contribution is 6.04. The molecule has 1 aromatic carbocycles. The van der Waals surface area contributed by atoms with E-state index in [1.165, 1.54) is 0 Å². The average molecular weight is 509 g/mol. The molecule has 7 rings (SSSR count). The maximum atomic E-state index is 12.6. The van der Waals surface area contributed by atoms with Crippen molar-refractivity contribution in [3.63, 3.8) is 0 Å². The minimum atomic E-state index is -0.200. The second-order valence-corrected chi connectivity index (χ2v) is 8.99. The monoisotopic (exact) mass is 508 g/mol. The summed E-state index contributed by atoms with van der Waals surface area (Å²) in [7, 11) is 0. The Balaban J connectivity index is 1.25. The van der Waals surface area contributed by atoms with Gasteiger partial charge in [-0.2, -0.15) is 5.10 Å². The number of aromatic amines is 2. The third-order valence-electron chi connectivity index (χ3n) is 6.49. The summed E-state index contributed by atoms with van der Waals surface area (Å²) in [5.74, 6) is -0.200. The van der Waals surface area contributed by atoms with Gasteiger partial charge >= 0.3 is 0 Å². The van der Waals surface area contributed by atoms with Gasteiger partial charge in [0.05, 0.1) is 34.5 Å². The Bertz CT molecular complexity index is 1960. The molecule has 9 heteroatoms. The molecular weight excluding hydrogens is 488 g/mol. The van der Waals surface area contributed by atoms with Gasteiger partial charge in [-0.3, -0.25) is 24.8 Å². The number of rotatable bonds is 5. The Morgan fingerprint density at radius 2 is 1.64 bits per heavy atom. The summed E-state index contributed by atoms with van der Waals surface area (Å²) in [6, 6.07) is 22.6. The Morgan fingerprint density at radius 3 is 2.51 bits per heavy atom. The minimum Gasteiger partial charge on any atom is -0.353 e. The summed E-state index contributed by atoms with van der Waals surface area (Å²) in [6.07, 6.45) is 8.64. The summed E-state index contributed by atoms with van der Waals surface area (Å²) in [5, 5.41) is 11.5. The van der Waals surface area contributed by atoms with Gasteiger partial charge < -0.3 is 10.3 Å². The van der Waals surface area contributed by atoms with Crippen molar-refractivity contribution < 1.29 is 4.79 Å². The second-order valence-electron chi connectivity index (χ2n) is 8.99. The molecular formula is C30H20N8O. The maximum Gasteiger partial charge on any atom is 0.255 e. The first-order valence-electron chi connectivity index (χ1n) is 12.3. The number of carbonyl (C=O) groups is 1. The van der Waals surface area contributed by atoms with Crippen LogP contribution in [0.5, 0.6) is 0 Å². The molecule has 3 N–H and O–H groups in total. The molecule has 0 aliphatic carbocycles. The predicted octanol–water partition coefficient (Wildman–Crippen LogP) is 5.88. The fourth-order valence-electron chi connectivity index (χ4n) is 4.61. The molecule has 6 aromatic heterocycles. The van der Waals surface area contributed by atoms with Crippen LogP contribution in [0, 0.1) is 0 Å². The standard InChI is InChI=1S/C30H20N8O/c39-30(19-4-2-1-3-5-19)34-21-14-20(16-32-17-21)23-6-7-25-28(36-23)29(38-37-25)26-15-22-24(35-26)10-13-33-27(22)18-8-11-31-12-9-18/h1-17,35H,(H,34,39)(H,37,38). The first-order chi connectivity index (χ1) is 19.2. The fourth-order valence-corrected chi connectivity index (χ4v) is 4.61. The summed E-state index contributed by atoms with van der Waals surface area (Å²) in [6.45, 7) is 0. The van der Waals surface area contributed by atoms with Gasteiger partial charge in [-0.25, -0.2) is 4.98 Å². The van der Waals surface area contributed by atoms with E-state index < -0.39 is 0 Å².